The summed E-state index contributed by atoms with van der Waals surface area (Å²) >= 11 is 1.76. The molecule has 0 radical (unpaired) electrons. The lowest BCUT2D eigenvalue weighted by Gasteiger charge is -2.13. The molecule has 2 heterocycles. The molecule has 0 amide bonds. The Morgan fingerprint density at radius 2 is 1.78 bits per heavy atom. The summed E-state index contributed by atoms with van der Waals surface area (Å²) in [6.45, 7) is 4.26. The molecule has 1 aromatic carbocycles. The van der Waals surface area contributed by atoms with E-state index in [1.54, 1.807) is 11.3 Å². The van der Waals surface area contributed by atoms with Crippen LogP contribution >= 0.6 is 11.3 Å². The van der Waals surface area contributed by atoms with Crippen molar-refractivity contribution in [1.82, 2.24) is 9.97 Å². The second kappa shape index (κ2) is 6.54. The molecule has 3 rings (SSSR count). The number of aryl methyl sites for hydroxylation is 2. The van der Waals surface area contributed by atoms with Crippen LogP contribution in [0.3, 0.4) is 0 Å². The van der Waals surface area contributed by atoms with Crippen LogP contribution in [0.1, 0.15) is 24.5 Å². The summed E-state index contributed by atoms with van der Waals surface area (Å²) in [4.78, 5) is 13.9. The summed E-state index contributed by atoms with van der Waals surface area (Å²) in [5, 5.41) is 4.57. The van der Waals surface area contributed by atoms with Gasteiger partial charge in [-0.25, -0.2) is 9.97 Å². The summed E-state index contributed by atoms with van der Waals surface area (Å²) in [7, 11) is 4.09. The van der Waals surface area contributed by atoms with Crippen LogP contribution in [0.15, 0.2) is 30.3 Å². The van der Waals surface area contributed by atoms with E-state index in [-0.39, 0.29) is 0 Å². The molecule has 1 N–H and O–H groups in total. The highest BCUT2D eigenvalue weighted by molar-refractivity contribution is 7.18. The standard InChI is InChI=1S/C18H22N4S/c1-5-14-11-15-17(20-16(6-2)21-18(15)23-14)19-12-7-9-13(10-8-12)22(3)4/h7-11H,5-6H2,1-4H3,(H,19,20,21). The maximum atomic E-state index is 4.69. The van der Waals surface area contributed by atoms with Crippen molar-refractivity contribution in [3.63, 3.8) is 0 Å². The van der Waals surface area contributed by atoms with Gasteiger partial charge in [-0.15, -0.1) is 11.3 Å². The summed E-state index contributed by atoms with van der Waals surface area (Å²) in [6.07, 6.45) is 1.86. The molecule has 0 unspecified atom stereocenters. The quantitative estimate of drug-likeness (QED) is 0.742. The van der Waals surface area contributed by atoms with Crippen LogP contribution < -0.4 is 10.2 Å². The van der Waals surface area contributed by atoms with Gasteiger partial charge in [0, 0.05) is 36.8 Å². The van der Waals surface area contributed by atoms with Gasteiger partial charge in [0.05, 0.1) is 5.39 Å². The Balaban J connectivity index is 1.99. The largest absolute Gasteiger partial charge is 0.378 e. The van der Waals surface area contributed by atoms with Gasteiger partial charge in [0.2, 0.25) is 0 Å². The molecule has 0 aliphatic carbocycles. The predicted molar refractivity (Wildman–Crippen MR) is 100 cm³/mol. The molecule has 2 aromatic heterocycles. The second-order valence-corrected chi connectivity index (χ2v) is 6.81. The van der Waals surface area contributed by atoms with Crippen LogP contribution in [0.2, 0.25) is 0 Å². The number of benzene rings is 1. The first kappa shape index (κ1) is 15.7. The maximum Gasteiger partial charge on any atom is 0.142 e. The maximum absolute atomic E-state index is 4.69. The topological polar surface area (TPSA) is 41.1 Å². The fraction of sp³-hybridized carbons (Fsp3) is 0.333. The van der Waals surface area contributed by atoms with Gasteiger partial charge >= 0.3 is 0 Å². The number of nitrogens with zero attached hydrogens (tertiary/aromatic N) is 3. The van der Waals surface area contributed by atoms with Crippen molar-refractivity contribution in [1.29, 1.82) is 0 Å². The summed E-state index contributed by atoms with van der Waals surface area (Å²) < 4.78 is 0. The van der Waals surface area contributed by atoms with Crippen LogP contribution in [0.4, 0.5) is 17.2 Å². The van der Waals surface area contributed by atoms with E-state index < -0.39 is 0 Å². The lowest BCUT2D eigenvalue weighted by atomic mass is 10.2. The molecule has 5 heteroatoms. The van der Waals surface area contributed by atoms with Crippen molar-refractivity contribution >= 4 is 38.7 Å². The van der Waals surface area contributed by atoms with E-state index in [4.69, 9.17) is 4.98 Å². The Hall–Kier alpha value is -2.14. The number of nitrogens with one attached hydrogen (secondary N) is 1. The van der Waals surface area contributed by atoms with E-state index in [1.807, 2.05) is 14.1 Å². The van der Waals surface area contributed by atoms with Crippen LogP contribution in [-0.4, -0.2) is 24.1 Å². The third-order valence-electron chi connectivity index (χ3n) is 3.80. The van der Waals surface area contributed by atoms with Crippen LogP contribution in [0, 0.1) is 0 Å². The van der Waals surface area contributed by atoms with Crippen molar-refractivity contribution in [2.75, 3.05) is 24.3 Å². The minimum Gasteiger partial charge on any atom is -0.378 e. The zero-order valence-corrected chi connectivity index (χ0v) is 14.9. The summed E-state index contributed by atoms with van der Waals surface area (Å²) in [5.41, 5.74) is 2.23. The molecular formula is C18H22N4S. The van der Waals surface area contributed by atoms with Gasteiger partial charge < -0.3 is 10.2 Å². The number of hydrogen-bond donors (Lipinski definition) is 1. The molecule has 0 fully saturated rings. The average Bonchev–Trinajstić information content (AvgIpc) is 2.98. The SMILES string of the molecule is CCc1nc(Nc2ccc(N(C)C)cc2)c2cc(CC)sc2n1. The molecule has 0 atom stereocenters. The highest BCUT2D eigenvalue weighted by atomic mass is 32.1. The molecule has 0 bridgehead atoms. The number of thiophene rings is 1. The van der Waals surface area contributed by atoms with Crippen molar-refractivity contribution in [2.45, 2.75) is 26.7 Å². The minimum absolute atomic E-state index is 0.837. The second-order valence-electron chi connectivity index (χ2n) is 5.69. The summed E-state index contributed by atoms with van der Waals surface area (Å²) in [6, 6.07) is 10.6. The molecule has 0 saturated carbocycles. The number of hydrogen-bond acceptors (Lipinski definition) is 5. The zero-order valence-electron chi connectivity index (χ0n) is 14.1. The first-order valence-corrected chi connectivity index (χ1v) is 8.76. The lowest BCUT2D eigenvalue weighted by Crippen LogP contribution is -2.08. The van der Waals surface area contributed by atoms with Crippen molar-refractivity contribution in [2.24, 2.45) is 0 Å². The van der Waals surface area contributed by atoms with Crippen molar-refractivity contribution in [3.8, 4) is 0 Å². The highest BCUT2D eigenvalue weighted by Gasteiger charge is 2.11. The Kier molecular flexibility index (Phi) is 4.48. The van der Waals surface area contributed by atoms with Gasteiger partial charge in [0.1, 0.15) is 16.5 Å². The van der Waals surface area contributed by atoms with E-state index >= 15 is 0 Å². The zero-order chi connectivity index (χ0) is 16.4. The molecule has 3 aromatic rings. The summed E-state index contributed by atoms with van der Waals surface area (Å²) in [5.74, 6) is 1.79. The molecule has 0 saturated heterocycles. The Bertz CT molecular complexity index is 806. The van der Waals surface area contributed by atoms with Crippen molar-refractivity contribution in [3.05, 3.63) is 41.0 Å². The van der Waals surface area contributed by atoms with Gasteiger partial charge in [0.15, 0.2) is 0 Å². The van der Waals surface area contributed by atoms with E-state index in [9.17, 15) is 0 Å². The fourth-order valence-corrected chi connectivity index (χ4v) is 3.41. The number of aromatic nitrogens is 2. The highest BCUT2D eigenvalue weighted by Crippen LogP contribution is 2.31. The number of anilines is 3. The van der Waals surface area contributed by atoms with Crippen LogP contribution in [-0.2, 0) is 12.8 Å². The normalized spacial score (nSPS) is 11.0. The smallest absolute Gasteiger partial charge is 0.142 e. The van der Waals surface area contributed by atoms with Gasteiger partial charge in [0.25, 0.3) is 0 Å². The third-order valence-corrected chi connectivity index (χ3v) is 4.97. The van der Waals surface area contributed by atoms with Crippen molar-refractivity contribution < 1.29 is 0 Å². The third kappa shape index (κ3) is 3.29. The number of rotatable bonds is 5. The van der Waals surface area contributed by atoms with Crippen LogP contribution in [0.25, 0.3) is 10.2 Å². The molecule has 4 nitrogen and oxygen atoms in total. The first-order chi connectivity index (χ1) is 11.1. The molecule has 0 spiro atoms. The lowest BCUT2D eigenvalue weighted by molar-refractivity contribution is 0.967. The molecular weight excluding hydrogens is 304 g/mol. The Labute approximate surface area is 141 Å². The number of fused-ring (bicyclic) bond motifs is 1. The minimum atomic E-state index is 0.837. The monoisotopic (exact) mass is 326 g/mol. The van der Waals surface area contributed by atoms with E-state index in [2.05, 4.69) is 59.4 Å². The van der Waals surface area contributed by atoms with Gasteiger partial charge in [-0.05, 0) is 36.8 Å². The van der Waals surface area contributed by atoms with Gasteiger partial charge in [-0.3, -0.25) is 0 Å². The Morgan fingerprint density at radius 3 is 2.39 bits per heavy atom. The predicted octanol–water partition coefficient (Wildman–Crippen LogP) is 4.63. The Morgan fingerprint density at radius 1 is 1.04 bits per heavy atom. The van der Waals surface area contributed by atoms with Gasteiger partial charge in [-0.1, -0.05) is 13.8 Å². The molecule has 0 aliphatic heterocycles. The molecule has 23 heavy (non-hydrogen) atoms. The van der Waals surface area contributed by atoms with Gasteiger partial charge in [-0.2, -0.15) is 0 Å². The average molecular weight is 326 g/mol. The fourth-order valence-electron chi connectivity index (χ4n) is 2.42. The molecule has 0 aliphatic rings. The molecule has 120 valence electrons. The van der Waals surface area contributed by atoms with E-state index in [1.165, 1.54) is 10.6 Å². The van der Waals surface area contributed by atoms with E-state index in [0.717, 1.165) is 40.4 Å². The first-order valence-electron chi connectivity index (χ1n) is 7.94. The van der Waals surface area contributed by atoms with E-state index in [0.29, 0.717) is 0 Å². The van der Waals surface area contributed by atoms with Crippen LogP contribution in [0.5, 0.6) is 0 Å².